The molecule has 0 unspecified atom stereocenters. The Bertz CT molecular complexity index is 1460. The summed E-state index contributed by atoms with van der Waals surface area (Å²) in [5.41, 5.74) is 3.87. The number of ketones is 1. The number of nitrogens with zero attached hydrogens (tertiary/aromatic N) is 2. The van der Waals surface area contributed by atoms with Crippen molar-refractivity contribution in [3.63, 3.8) is 0 Å². The summed E-state index contributed by atoms with van der Waals surface area (Å²) in [6.45, 7) is 1.95. The summed E-state index contributed by atoms with van der Waals surface area (Å²) in [6, 6.07) is 18.9. The summed E-state index contributed by atoms with van der Waals surface area (Å²) >= 11 is 0. The third kappa shape index (κ3) is 3.38. The Morgan fingerprint density at radius 3 is 2.27 bits per heavy atom. The molecule has 4 atom stereocenters. The van der Waals surface area contributed by atoms with E-state index in [1.165, 1.54) is 19.1 Å². The topological polar surface area (TPSA) is 76.2 Å². The highest BCUT2D eigenvalue weighted by Gasteiger charge is 2.64. The summed E-state index contributed by atoms with van der Waals surface area (Å²) in [7, 11) is 3.04. The first-order valence-electron chi connectivity index (χ1n) is 12.2. The van der Waals surface area contributed by atoms with Crippen LogP contribution >= 0.6 is 0 Å². The molecule has 2 fully saturated rings. The van der Waals surface area contributed by atoms with E-state index in [2.05, 4.69) is 0 Å². The SMILES string of the molecule is COc1ccc(C(=O)[C@@H]2[C@@H]3C(=O)N(c4ccc(C)cc4)C(=O)[C@H]3[C@H]3c4ccccc4C=CN23)cc1OC. The normalized spacial score (nSPS) is 23.5. The van der Waals surface area contributed by atoms with Crippen LogP contribution in [0.15, 0.2) is 72.9 Å². The van der Waals surface area contributed by atoms with Gasteiger partial charge in [-0.1, -0.05) is 42.0 Å². The molecular weight excluding hydrogens is 468 g/mol. The zero-order valence-corrected chi connectivity index (χ0v) is 20.8. The summed E-state index contributed by atoms with van der Waals surface area (Å²) in [5.74, 6) is -1.45. The molecule has 3 heterocycles. The fourth-order valence-electron chi connectivity index (χ4n) is 5.97. The zero-order valence-electron chi connectivity index (χ0n) is 20.8. The number of ether oxygens (including phenoxy) is 2. The third-order valence-corrected chi connectivity index (χ3v) is 7.69. The van der Waals surface area contributed by atoms with E-state index in [4.69, 9.17) is 9.47 Å². The van der Waals surface area contributed by atoms with Crippen molar-refractivity contribution >= 4 is 29.4 Å². The number of aryl methyl sites for hydroxylation is 1. The Kier molecular flexibility index (Phi) is 5.37. The Morgan fingerprint density at radius 1 is 0.838 bits per heavy atom. The van der Waals surface area contributed by atoms with Gasteiger partial charge in [0.25, 0.3) is 0 Å². The van der Waals surface area contributed by atoms with E-state index < -0.39 is 23.9 Å². The number of fused-ring (bicyclic) bond motifs is 5. The largest absolute Gasteiger partial charge is 0.493 e. The van der Waals surface area contributed by atoms with Crippen molar-refractivity contribution in [2.45, 2.75) is 19.0 Å². The summed E-state index contributed by atoms with van der Waals surface area (Å²) in [5, 5.41) is 0. The molecule has 2 amide bonds. The van der Waals surface area contributed by atoms with E-state index in [9.17, 15) is 14.4 Å². The molecule has 0 spiro atoms. The van der Waals surface area contributed by atoms with Crippen LogP contribution in [-0.2, 0) is 9.59 Å². The molecule has 0 saturated carbocycles. The van der Waals surface area contributed by atoms with Gasteiger partial charge >= 0.3 is 0 Å². The summed E-state index contributed by atoms with van der Waals surface area (Å²) in [4.78, 5) is 45.2. The van der Waals surface area contributed by atoms with E-state index in [1.807, 2.05) is 60.5 Å². The Labute approximate surface area is 214 Å². The maximum Gasteiger partial charge on any atom is 0.240 e. The van der Waals surface area contributed by atoms with Crippen LogP contribution < -0.4 is 14.4 Å². The first-order chi connectivity index (χ1) is 17.9. The van der Waals surface area contributed by atoms with Gasteiger partial charge in [-0.3, -0.25) is 14.4 Å². The number of benzene rings is 3. The van der Waals surface area contributed by atoms with Crippen molar-refractivity contribution in [3.8, 4) is 11.5 Å². The minimum atomic E-state index is -0.843. The van der Waals surface area contributed by atoms with Crippen molar-refractivity contribution in [1.29, 1.82) is 0 Å². The molecule has 0 N–H and O–H groups in total. The molecule has 3 aromatic carbocycles. The van der Waals surface area contributed by atoms with Crippen LogP contribution in [0.25, 0.3) is 6.08 Å². The number of hydrogen-bond donors (Lipinski definition) is 0. The first-order valence-corrected chi connectivity index (χ1v) is 12.2. The van der Waals surface area contributed by atoms with E-state index in [1.54, 1.807) is 30.3 Å². The molecule has 2 saturated heterocycles. The van der Waals surface area contributed by atoms with E-state index in [0.29, 0.717) is 22.7 Å². The van der Waals surface area contributed by atoms with Gasteiger partial charge in [-0.25, -0.2) is 4.90 Å². The molecule has 0 bridgehead atoms. The first kappa shape index (κ1) is 23.0. The molecule has 186 valence electrons. The number of rotatable bonds is 5. The van der Waals surface area contributed by atoms with Crippen molar-refractivity contribution in [1.82, 2.24) is 4.90 Å². The Hall–Kier alpha value is -4.39. The lowest BCUT2D eigenvalue weighted by Crippen LogP contribution is -2.44. The maximum atomic E-state index is 14.1. The van der Waals surface area contributed by atoms with Crippen LogP contribution in [0.1, 0.15) is 33.1 Å². The van der Waals surface area contributed by atoms with E-state index >= 15 is 0 Å². The molecule has 0 radical (unpaired) electrons. The number of carbonyl (C=O) groups excluding carboxylic acids is 3. The highest BCUT2D eigenvalue weighted by Crippen LogP contribution is 2.53. The average molecular weight is 495 g/mol. The fraction of sp³-hybridized carbons (Fsp3) is 0.233. The second-order valence-electron chi connectivity index (χ2n) is 9.61. The number of carbonyl (C=O) groups is 3. The van der Waals surface area contributed by atoms with Crippen molar-refractivity contribution in [3.05, 3.63) is 95.2 Å². The van der Waals surface area contributed by atoms with Crippen molar-refractivity contribution in [2.75, 3.05) is 19.1 Å². The lowest BCUT2D eigenvalue weighted by molar-refractivity contribution is -0.123. The van der Waals surface area contributed by atoms with Crippen molar-refractivity contribution in [2.24, 2.45) is 11.8 Å². The molecule has 3 aliphatic rings. The minimum absolute atomic E-state index is 0.241. The lowest BCUT2D eigenvalue weighted by Gasteiger charge is -2.35. The number of methoxy groups -OCH3 is 2. The van der Waals surface area contributed by atoms with Crippen molar-refractivity contribution < 1.29 is 23.9 Å². The second kappa shape index (κ2) is 8.62. The number of anilines is 1. The van der Waals surface area contributed by atoms with Crippen LogP contribution in [0, 0.1) is 18.8 Å². The number of Topliss-reactive ketones (excluding diaryl/α,β-unsaturated/α-hetero) is 1. The molecule has 0 aliphatic carbocycles. The van der Waals surface area contributed by atoms with Gasteiger partial charge in [0.15, 0.2) is 17.3 Å². The molecule has 6 rings (SSSR count). The van der Waals surface area contributed by atoms with E-state index in [-0.39, 0.29) is 17.6 Å². The number of imide groups is 1. The van der Waals surface area contributed by atoms with Gasteiger partial charge in [0, 0.05) is 11.8 Å². The maximum absolute atomic E-state index is 14.1. The summed E-state index contributed by atoms with van der Waals surface area (Å²) in [6.07, 6.45) is 3.79. The molecule has 0 aromatic heterocycles. The van der Waals surface area contributed by atoms with Crippen LogP contribution in [-0.4, -0.2) is 42.8 Å². The van der Waals surface area contributed by atoms with Gasteiger partial charge < -0.3 is 14.4 Å². The Balaban J connectivity index is 1.48. The number of amides is 2. The molecule has 3 aliphatic heterocycles. The van der Waals surface area contributed by atoms with Crippen LogP contribution in [0.5, 0.6) is 11.5 Å². The van der Waals surface area contributed by atoms with Gasteiger partial charge in [-0.05, 0) is 54.5 Å². The predicted molar refractivity (Wildman–Crippen MR) is 138 cm³/mol. The third-order valence-electron chi connectivity index (χ3n) is 7.69. The van der Waals surface area contributed by atoms with Gasteiger partial charge in [0.2, 0.25) is 11.8 Å². The standard InChI is InChI=1S/C30H26N2O5/c1-17-8-11-20(12-9-17)32-29(34)24-25(30(32)35)27(28(33)19-10-13-22(36-2)23(16-19)37-3)31-15-14-18-6-4-5-7-21(18)26(24)31/h4-16,24-27H,1-3H3/t24-,25-,26-,27+/m1/s1. The number of hydrogen-bond acceptors (Lipinski definition) is 6. The van der Waals surface area contributed by atoms with Gasteiger partial charge in [0.1, 0.15) is 6.04 Å². The monoisotopic (exact) mass is 494 g/mol. The smallest absolute Gasteiger partial charge is 0.240 e. The van der Waals surface area contributed by atoms with Crippen LogP contribution in [0.3, 0.4) is 0 Å². The highest BCUT2D eigenvalue weighted by molar-refractivity contribution is 6.24. The highest BCUT2D eigenvalue weighted by atomic mass is 16.5. The fourth-order valence-corrected chi connectivity index (χ4v) is 5.97. The van der Waals surface area contributed by atoms with Crippen LogP contribution in [0.2, 0.25) is 0 Å². The van der Waals surface area contributed by atoms with Gasteiger partial charge in [-0.15, -0.1) is 0 Å². The zero-order chi connectivity index (χ0) is 25.8. The Morgan fingerprint density at radius 2 is 1.54 bits per heavy atom. The molecule has 7 nitrogen and oxygen atoms in total. The molecule has 37 heavy (non-hydrogen) atoms. The lowest BCUT2D eigenvalue weighted by atomic mass is 9.83. The van der Waals surface area contributed by atoms with E-state index in [0.717, 1.165) is 16.7 Å². The molecule has 7 heteroatoms. The average Bonchev–Trinajstić information content (AvgIpc) is 3.40. The molecular formula is C30H26N2O5. The van der Waals surface area contributed by atoms with Gasteiger partial charge in [0.05, 0.1) is 37.8 Å². The summed E-state index contributed by atoms with van der Waals surface area (Å²) < 4.78 is 10.7. The second-order valence-corrected chi connectivity index (χ2v) is 9.61. The van der Waals surface area contributed by atoms with Crippen LogP contribution in [0.4, 0.5) is 5.69 Å². The predicted octanol–water partition coefficient (Wildman–Crippen LogP) is 4.41. The minimum Gasteiger partial charge on any atom is -0.493 e. The molecule has 3 aromatic rings. The quantitative estimate of drug-likeness (QED) is 0.386. The van der Waals surface area contributed by atoms with Gasteiger partial charge in [-0.2, -0.15) is 0 Å².